The molecule has 1 amide bonds. The van der Waals surface area contributed by atoms with Crippen LogP contribution in [0.5, 0.6) is 0 Å². The fraction of sp³-hybridized carbons (Fsp3) is 0.214. The van der Waals surface area contributed by atoms with Gasteiger partial charge in [0.2, 0.25) is 5.91 Å². The van der Waals surface area contributed by atoms with Gasteiger partial charge in [-0.3, -0.25) is 4.79 Å². The number of rotatable bonds is 1. The Morgan fingerprint density at radius 2 is 1.75 bits per heavy atom. The van der Waals surface area contributed by atoms with E-state index in [1.165, 1.54) is 5.56 Å². The molecular weight excluding hydrogens is 198 g/mol. The molecule has 0 spiro atoms. The molecule has 0 saturated carbocycles. The Kier molecular flexibility index (Phi) is 2.13. The maximum absolute atomic E-state index is 11.8. The highest BCUT2D eigenvalue weighted by atomic mass is 16.2. The normalized spacial score (nSPS) is 31.2. The van der Waals surface area contributed by atoms with Gasteiger partial charge < -0.3 is 5.32 Å². The molecule has 1 saturated heterocycles. The van der Waals surface area contributed by atoms with Gasteiger partial charge in [0.1, 0.15) is 0 Å². The summed E-state index contributed by atoms with van der Waals surface area (Å²) in [7, 11) is 0. The van der Waals surface area contributed by atoms with Crippen molar-refractivity contribution in [3.8, 4) is 0 Å². The first-order valence-electron chi connectivity index (χ1n) is 5.56. The Labute approximate surface area is 94.7 Å². The average Bonchev–Trinajstić information content (AvgIpc) is 2.69. The molecule has 1 aliphatic heterocycles. The van der Waals surface area contributed by atoms with Crippen LogP contribution in [0.3, 0.4) is 0 Å². The quantitative estimate of drug-likeness (QED) is 0.758. The van der Waals surface area contributed by atoms with Crippen LogP contribution in [0.1, 0.15) is 11.6 Å². The van der Waals surface area contributed by atoms with Gasteiger partial charge in [-0.05, 0) is 5.56 Å². The largest absolute Gasteiger partial charge is 0.348 e. The molecule has 0 aromatic heterocycles. The predicted octanol–water partition coefficient (Wildman–Crippen LogP) is 2.22. The Morgan fingerprint density at radius 1 is 1.00 bits per heavy atom. The van der Waals surface area contributed by atoms with E-state index in [0.29, 0.717) is 0 Å². The van der Waals surface area contributed by atoms with Gasteiger partial charge in [-0.25, -0.2) is 0 Å². The monoisotopic (exact) mass is 211 g/mol. The summed E-state index contributed by atoms with van der Waals surface area (Å²) in [5, 5.41) is 3.07. The zero-order valence-corrected chi connectivity index (χ0v) is 8.84. The number of hydrogen-bond acceptors (Lipinski definition) is 1. The number of carbonyl (C=O) groups excluding carboxylic acids is 1. The lowest BCUT2D eigenvalue weighted by atomic mass is 9.84. The van der Waals surface area contributed by atoms with Crippen molar-refractivity contribution in [1.29, 1.82) is 0 Å². The molecule has 1 aromatic carbocycles. The van der Waals surface area contributed by atoms with Crippen LogP contribution >= 0.6 is 0 Å². The van der Waals surface area contributed by atoms with Crippen LogP contribution in [0.25, 0.3) is 0 Å². The molecule has 80 valence electrons. The number of carbonyl (C=O) groups is 1. The molecular formula is C14H13NO. The Hall–Kier alpha value is -1.83. The van der Waals surface area contributed by atoms with Crippen LogP contribution in [-0.2, 0) is 4.79 Å². The van der Waals surface area contributed by atoms with Gasteiger partial charge in [-0.15, -0.1) is 0 Å². The lowest BCUT2D eigenvalue weighted by Gasteiger charge is -2.19. The van der Waals surface area contributed by atoms with Gasteiger partial charge in [0.15, 0.2) is 0 Å². The van der Waals surface area contributed by atoms with Crippen LogP contribution < -0.4 is 5.32 Å². The second-order valence-electron chi connectivity index (χ2n) is 4.27. The lowest BCUT2D eigenvalue weighted by molar-refractivity contribution is -0.121. The van der Waals surface area contributed by atoms with E-state index >= 15 is 0 Å². The van der Waals surface area contributed by atoms with Crippen LogP contribution in [0.15, 0.2) is 54.6 Å². The van der Waals surface area contributed by atoms with Crippen molar-refractivity contribution in [3.05, 3.63) is 60.2 Å². The molecule has 2 heteroatoms. The fourth-order valence-corrected chi connectivity index (χ4v) is 2.52. The summed E-state index contributed by atoms with van der Waals surface area (Å²) in [6.07, 6.45) is 8.09. The number of fused-ring (bicyclic) bond motifs is 1. The van der Waals surface area contributed by atoms with E-state index in [9.17, 15) is 4.79 Å². The molecule has 0 unspecified atom stereocenters. The molecule has 2 nitrogen and oxygen atoms in total. The highest BCUT2D eigenvalue weighted by Gasteiger charge is 2.40. The second kappa shape index (κ2) is 3.63. The van der Waals surface area contributed by atoms with E-state index in [-0.39, 0.29) is 23.8 Å². The van der Waals surface area contributed by atoms with Crippen molar-refractivity contribution in [2.75, 3.05) is 0 Å². The van der Waals surface area contributed by atoms with Gasteiger partial charge in [0.05, 0.1) is 12.0 Å². The standard InChI is InChI=1S/C14H13NO/c16-14-12-9-5-4-8-11(12)13(15-14)10-6-2-1-3-7-10/h1-9,11-13H,(H,15,16)/t11-,12+,13+/m0/s1. The smallest absolute Gasteiger partial charge is 0.228 e. The molecule has 0 bridgehead atoms. The fourth-order valence-electron chi connectivity index (χ4n) is 2.52. The molecule has 1 aromatic rings. The summed E-state index contributed by atoms with van der Waals surface area (Å²) in [5.41, 5.74) is 1.18. The third-order valence-electron chi connectivity index (χ3n) is 3.32. The third-order valence-corrected chi connectivity index (χ3v) is 3.32. The molecule has 1 aliphatic carbocycles. The van der Waals surface area contributed by atoms with Crippen molar-refractivity contribution in [1.82, 2.24) is 5.32 Å². The molecule has 2 aliphatic rings. The number of benzene rings is 1. The topological polar surface area (TPSA) is 29.1 Å². The number of nitrogens with one attached hydrogen (secondary N) is 1. The maximum Gasteiger partial charge on any atom is 0.228 e. The van der Waals surface area contributed by atoms with Crippen LogP contribution in [0.4, 0.5) is 0 Å². The molecule has 1 fully saturated rings. The number of amides is 1. The minimum Gasteiger partial charge on any atom is -0.348 e. The van der Waals surface area contributed by atoms with E-state index in [1.807, 2.05) is 36.4 Å². The zero-order valence-electron chi connectivity index (χ0n) is 8.84. The minimum atomic E-state index is 0.00945. The number of allylic oxidation sites excluding steroid dienone is 2. The van der Waals surface area contributed by atoms with Crippen LogP contribution in [-0.4, -0.2) is 5.91 Å². The van der Waals surface area contributed by atoms with Crippen molar-refractivity contribution in [3.63, 3.8) is 0 Å². The molecule has 16 heavy (non-hydrogen) atoms. The predicted molar refractivity (Wildman–Crippen MR) is 62.6 cm³/mol. The summed E-state index contributed by atoms with van der Waals surface area (Å²) in [6.45, 7) is 0. The van der Waals surface area contributed by atoms with Gasteiger partial charge in [0.25, 0.3) is 0 Å². The van der Waals surface area contributed by atoms with Gasteiger partial charge in [0, 0.05) is 5.92 Å². The van der Waals surface area contributed by atoms with E-state index in [0.717, 1.165) is 0 Å². The lowest BCUT2D eigenvalue weighted by Crippen LogP contribution is -2.20. The maximum atomic E-state index is 11.8. The molecule has 0 radical (unpaired) electrons. The minimum absolute atomic E-state index is 0.00945. The molecule has 1 N–H and O–H groups in total. The first kappa shape index (κ1) is 9.40. The highest BCUT2D eigenvalue weighted by Crippen LogP contribution is 2.37. The average molecular weight is 211 g/mol. The Balaban J connectivity index is 1.96. The number of hydrogen-bond donors (Lipinski definition) is 1. The van der Waals surface area contributed by atoms with Crippen molar-refractivity contribution >= 4 is 5.91 Å². The SMILES string of the molecule is O=C1N[C@H](c2ccccc2)[C@H]2C=CC=C[C@@H]12. The second-order valence-corrected chi connectivity index (χ2v) is 4.27. The van der Waals surface area contributed by atoms with Gasteiger partial charge in [-0.1, -0.05) is 54.6 Å². The molecule has 3 rings (SSSR count). The summed E-state index contributed by atoms with van der Waals surface area (Å²) >= 11 is 0. The van der Waals surface area contributed by atoms with E-state index < -0.39 is 0 Å². The van der Waals surface area contributed by atoms with Gasteiger partial charge >= 0.3 is 0 Å². The summed E-state index contributed by atoms with van der Waals surface area (Å²) in [5.74, 6) is 0.412. The summed E-state index contributed by atoms with van der Waals surface area (Å²) in [6, 6.07) is 10.3. The van der Waals surface area contributed by atoms with Crippen molar-refractivity contribution in [2.24, 2.45) is 11.8 Å². The first-order chi connectivity index (χ1) is 7.86. The highest BCUT2D eigenvalue weighted by molar-refractivity contribution is 5.84. The van der Waals surface area contributed by atoms with Crippen molar-refractivity contribution < 1.29 is 4.79 Å². The first-order valence-corrected chi connectivity index (χ1v) is 5.56. The Morgan fingerprint density at radius 3 is 2.56 bits per heavy atom. The zero-order chi connectivity index (χ0) is 11.0. The van der Waals surface area contributed by atoms with Crippen molar-refractivity contribution in [2.45, 2.75) is 6.04 Å². The van der Waals surface area contributed by atoms with E-state index in [2.05, 4.69) is 23.5 Å². The third kappa shape index (κ3) is 1.38. The van der Waals surface area contributed by atoms with Gasteiger partial charge in [-0.2, -0.15) is 0 Å². The Bertz CT molecular complexity index is 461. The molecule has 3 atom stereocenters. The molecule has 1 heterocycles. The van der Waals surface area contributed by atoms with E-state index in [1.54, 1.807) is 0 Å². The van der Waals surface area contributed by atoms with Crippen LogP contribution in [0, 0.1) is 11.8 Å². The summed E-state index contributed by atoms with van der Waals surface area (Å²) in [4.78, 5) is 11.8. The van der Waals surface area contributed by atoms with E-state index in [4.69, 9.17) is 0 Å². The summed E-state index contributed by atoms with van der Waals surface area (Å²) < 4.78 is 0. The van der Waals surface area contributed by atoms with Crippen LogP contribution in [0.2, 0.25) is 0 Å².